The Morgan fingerprint density at radius 1 is 1.19 bits per heavy atom. The van der Waals surface area contributed by atoms with Gasteiger partial charge in [-0.15, -0.1) is 0 Å². The summed E-state index contributed by atoms with van der Waals surface area (Å²) >= 11 is 0. The molecule has 0 aromatic heterocycles. The molecule has 0 saturated carbocycles. The summed E-state index contributed by atoms with van der Waals surface area (Å²) in [5, 5.41) is 9.59. The zero-order valence-corrected chi connectivity index (χ0v) is 17.6. The molecule has 4 nitrogen and oxygen atoms in total. The van der Waals surface area contributed by atoms with Gasteiger partial charge in [-0.2, -0.15) is 0 Å². The Balaban J connectivity index is 0.000000621. The van der Waals surface area contributed by atoms with Gasteiger partial charge in [-0.25, -0.2) is 0 Å². The first-order chi connectivity index (χ1) is 12.9. The number of aryl methyl sites for hydroxylation is 1. The number of hydrogen-bond acceptors (Lipinski definition) is 4. The van der Waals surface area contributed by atoms with E-state index < -0.39 is 0 Å². The van der Waals surface area contributed by atoms with E-state index in [9.17, 15) is 9.90 Å². The van der Waals surface area contributed by atoms with Gasteiger partial charge in [0.05, 0.1) is 7.11 Å². The summed E-state index contributed by atoms with van der Waals surface area (Å²) in [6.07, 6.45) is 2.39. The van der Waals surface area contributed by atoms with Crippen molar-refractivity contribution in [1.29, 1.82) is 0 Å². The number of carbonyl (C=O) groups excluding carboxylic acids is 1. The average molecular weight is 374 g/mol. The first kappa shape index (κ1) is 24.5. The van der Waals surface area contributed by atoms with Crippen molar-refractivity contribution in [2.24, 2.45) is 5.92 Å². The van der Waals surface area contributed by atoms with Crippen molar-refractivity contribution in [3.63, 3.8) is 0 Å². The highest BCUT2D eigenvalue weighted by Crippen LogP contribution is 2.32. The smallest absolute Gasteiger partial charge is 0.160 e. The molecule has 0 bridgehead atoms. The van der Waals surface area contributed by atoms with Crippen LogP contribution in [-0.2, 0) is 11.2 Å². The topological polar surface area (TPSA) is 72.6 Å². The van der Waals surface area contributed by atoms with Crippen LogP contribution < -0.4 is 10.5 Å². The Morgan fingerprint density at radius 3 is 2.19 bits per heavy atom. The monoisotopic (exact) mass is 373 g/mol. The molecule has 1 atom stereocenters. The van der Waals surface area contributed by atoms with E-state index in [1.807, 2.05) is 32.0 Å². The molecule has 4 heteroatoms. The number of benzene rings is 2. The van der Waals surface area contributed by atoms with Crippen LogP contribution in [0.3, 0.4) is 0 Å². The standard InChI is InChI=1S/C14H21NO3.C7H8.C2H6/c1-4-5-10(9(2)16)6-11-7-14(18-3)13(17)8-12(11)15;1-7-5-3-2-4-6-7;1-2/h7-8,10,17H,4-6,15H2,1-3H3;2-6H,1H3;1-2H3. The molecule has 0 radical (unpaired) electrons. The van der Waals surface area contributed by atoms with Crippen molar-refractivity contribution in [2.45, 2.75) is 53.9 Å². The van der Waals surface area contributed by atoms with Crippen LogP contribution in [0.4, 0.5) is 5.69 Å². The number of ketones is 1. The second-order valence-electron chi connectivity index (χ2n) is 6.18. The summed E-state index contributed by atoms with van der Waals surface area (Å²) in [5.74, 6) is 0.557. The Labute approximate surface area is 164 Å². The van der Waals surface area contributed by atoms with Crippen molar-refractivity contribution >= 4 is 11.5 Å². The Bertz CT molecular complexity index is 669. The molecule has 0 aliphatic carbocycles. The summed E-state index contributed by atoms with van der Waals surface area (Å²) in [4.78, 5) is 11.5. The van der Waals surface area contributed by atoms with E-state index in [1.165, 1.54) is 18.7 Å². The fraction of sp³-hybridized carbons (Fsp3) is 0.435. The van der Waals surface area contributed by atoms with E-state index >= 15 is 0 Å². The molecule has 0 amide bonds. The SMILES string of the molecule is CC.CCCC(Cc1cc(OC)c(O)cc1N)C(C)=O.Cc1ccccc1. The highest BCUT2D eigenvalue weighted by Gasteiger charge is 2.17. The minimum atomic E-state index is -0.0217. The number of methoxy groups -OCH3 is 1. The molecule has 0 aliphatic heterocycles. The molecule has 2 aromatic rings. The van der Waals surface area contributed by atoms with Gasteiger partial charge in [0.25, 0.3) is 0 Å². The number of anilines is 1. The highest BCUT2D eigenvalue weighted by atomic mass is 16.5. The second kappa shape index (κ2) is 13.7. The second-order valence-corrected chi connectivity index (χ2v) is 6.18. The van der Waals surface area contributed by atoms with E-state index in [0.717, 1.165) is 18.4 Å². The van der Waals surface area contributed by atoms with Crippen molar-refractivity contribution in [1.82, 2.24) is 0 Å². The van der Waals surface area contributed by atoms with Crippen LogP contribution in [0.25, 0.3) is 0 Å². The molecule has 0 heterocycles. The summed E-state index contributed by atoms with van der Waals surface area (Å²) < 4.78 is 5.05. The first-order valence-electron chi connectivity index (χ1n) is 9.56. The van der Waals surface area contributed by atoms with Gasteiger partial charge in [-0.05, 0) is 38.3 Å². The van der Waals surface area contributed by atoms with Crippen LogP contribution in [0.5, 0.6) is 11.5 Å². The summed E-state index contributed by atoms with van der Waals surface area (Å²) in [7, 11) is 1.49. The molecule has 0 spiro atoms. The molecule has 0 aliphatic rings. The van der Waals surface area contributed by atoms with E-state index in [1.54, 1.807) is 13.0 Å². The number of nitrogens with two attached hydrogens (primary N) is 1. The molecule has 150 valence electrons. The van der Waals surface area contributed by atoms with Crippen molar-refractivity contribution in [2.75, 3.05) is 12.8 Å². The molecule has 0 fully saturated rings. The minimum Gasteiger partial charge on any atom is -0.504 e. The third-order valence-electron chi connectivity index (χ3n) is 4.06. The van der Waals surface area contributed by atoms with Crippen LogP contribution in [0.1, 0.15) is 51.7 Å². The minimum absolute atomic E-state index is 0.0217. The van der Waals surface area contributed by atoms with Crippen molar-refractivity contribution in [3.8, 4) is 11.5 Å². The van der Waals surface area contributed by atoms with Crippen molar-refractivity contribution in [3.05, 3.63) is 53.6 Å². The molecule has 3 N–H and O–H groups in total. The largest absolute Gasteiger partial charge is 0.504 e. The van der Waals surface area contributed by atoms with E-state index in [4.69, 9.17) is 10.5 Å². The number of aromatic hydroxyl groups is 1. The van der Waals surface area contributed by atoms with Gasteiger partial charge in [0.2, 0.25) is 0 Å². The molecule has 2 rings (SSSR count). The Hall–Kier alpha value is -2.49. The normalized spacial score (nSPS) is 10.6. The summed E-state index contributed by atoms with van der Waals surface area (Å²) in [5.41, 5.74) is 8.53. The third kappa shape index (κ3) is 9.13. The Morgan fingerprint density at radius 2 is 1.78 bits per heavy atom. The zero-order valence-electron chi connectivity index (χ0n) is 17.6. The van der Waals surface area contributed by atoms with Crippen LogP contribution >= 0.6 is 0 Å². The van der Waals surface area contributed by atoms with E-state index in [0.29, 0.717) is 17.9 Å². The lowest BCUT2D eigenvalue weighted by Crippen LogP contribution is -2.14. The van der Waals surface area contributed by atoms with E-state index in [2.05, 4.69) is 26.0 Å². The van der Waals surface area contributed by atoms with Crippen LogP contribution in [0.15, 0.2) is 42.5 Å². The number of Topliss-reactive ketones (excluding diaryl/α,β-unsaturated/α-hetero) is 1. The number of carbonyl (C=O) groups is 1. The number of phenolic OH excluding ortho intramolecular Hbond substituents is 1. The lowest BCUT2D eigenvalue weighted by atomic mass is 9.91. The fourth-order valence-electron chi connectivity index (χ4n) is 2.56. The number of rotatable bonds is 6. The van der Waals surface area contributed by atoms with Crippen LogP contribution in [-0.4, -0.2) is 18.0 Å². The summed E-state index contributed by atoms with van der Waals surface area (Å²) in [6.45, 7) is 9.74. The van der Waals surface area contributed by atoms with Gasteiger partial charge in [0.1, 0.15) is 5.78 Å². The van der Waals surface area contributed by atoms with Gasteiger partial charge in [0.15, 0.2) is 11.5 Å². The fourth-order valence-corrected chi connectivity index (χ4v) is 2.56. The molecule has 2 aromatic carbocycles. The quantitative estimate of drug-likeness (QED) is 0.651. The molecule has 0 saturated heterocycles. The lowest BCUT2D eigenvalue weighted by Gasteiger charge is -2.15. The van der Waals surface area contributed by atoms with Crippen LogP contribution in [0.2, 0.25) is 0 Å². The maximum absolute atomic E-state index is 11.5. The maximum atomic E-state index is 11.5. The predicted octanol–water partition coefficient (Wildman–Crippen LogP) is 5.55. The Kier molecular flexibility index (Phi) is 12.4. The number of hydrogen-bond donors (Lipinski definition) is 2. The van der Waals surface area contributed by atoms with E-state index in [-0.39, 0.29) is 17.5 Å². The lowest BCUT2D eigenvalue weighted by molar-refractivity contribution is -0.120. The van der Waals surface area contributed by atoms with Gasteiger partial charge in [-0.1, -0.05) is 63.1 Å². The molecular weight excluding hydrogens is 338 g/mol. The highest BCUT2D eigenvalue weighted by molar-refractivity contribution is 5.79. The molecular formula is C23H35NO3. The predicted molar refractivity (Wildman–Crippen MR) is 114 cm³/mol. The number of nitrogen functional groups attached to an aromatic ring is 1. The van der Waals surface area contributed by atoms with Gasteiger partial charge in [0, 0.05) is 17.7 Å². The van der Waals surface area contributed by atoms with Gasteiger partial charge in [-0.3, -0.25) is 4.79 Å². The van der Waals surface area contributed by atoms with Gasteiger partial charge >= 0.3 is 0 Å². The number of phenols is 1. The number of ether oxygens (including phenoxy) is 1. The zero-order chi connectivity index (χ0) is 20.8. The molecule has 1 unspecified atom stereocenters. The third-order valence-corrected chi connectivity index (χ3v) is 4.06. The molecule has 27 heavy (non-hydrogen) atoms. The summed E-state index contributed by atoms with van der Waals surface area (Å²) in [6, 6.07) is 13.4. The van der Waals surface area contributed by atoms with Gasteiger partial charge < -0.3 is 15.6 Å². The van der Waals surface area contributed by atoms with Crippen molar-refractivity contribution < 1.29 is 14.6 Å². The van der Waals surface area contributed by atoms with Crippen LogP contribution in [0, 0.1) is 12.8 Å². The average Bonchev–Trinajstić information content (AvgIpc) is 2.66. The first-order valence-corrected chi connectivity index (χ1v) is 9.56. The maximum Gasteiger partial charge on any atom is 0.160 e.